The highest BCUT2D eigenvalue weighted by Gasteiger charge is 2.57. The summed E-state index contributed by atoms with van der Waals surface area (Å²) in [4.78, 5) is 12.6. The molecule has 118 valence electrons. The normalized spacial score (nSPS) is 28.1. The highest BCUT2D eigenvalue weighted by molar-refractivity contribution is 5.83. The molecule has 3 aliphatic rings. The second kappa shape index (κ2) is 4.98. The number of fused-ring (bicyclic) bond motifs is 1. The molecular formula is C18H24N2O2. The smallest absolute Gasteiger partial charge is 0.224 e. The molecular weight excluding hydrogens is 276 g/mol. The summed E-state index contributed by atoms with van der Waals surface area (Å²) >= 11 is 0. The quantitative estimate of drug-likeness (QED) is 0.881. The monoisotopic (exact) mass is 300 g/mol. The first-order valence-electron chi connectivity index (χ1n) is 8.35. The van der Waals surface area contributed by atoms with Crippen molar-refractivity contribution < 1.29 is 9.53 Å². The van der Waals surface area contributed by atoms with Gasteiger partial charge in [-0.15, -0.1) is 0 Å². The van der Waals surface area contributed by atoms with Gasteiger partial charge in [0.05, 0.1) is 6.04 Å². The van der Waals surface area contributed by atoms with Crippen LogP contribution in [0.15, 0.2) is 12.1 Å². The van der Waals surface area contributed by atoms with E-state index in [4.69, 9.17) is 4.74 Å². The number of rotatable bonds is 2. The minimum Gasteiger partial charge on any atom is -0.490 e. The molecule has 2 atom stereocenters. The van der Waals surface area contributed by atoms with Crippen LogP contribution in [0.2, 0.25) is 0 Å². The highest BCUT2D eigenvalue weighted by atomic mass is 16.5. The summed E-state index contributed by atoms with van der Waals surface area (Å²) in [7, 11) is 0. The van der Waals surface area contributed by atoms with Gasteiger partial charge in [0, 0.05) is 11.5 Å². The molecule has 2 heterocycles. The Bertz CT molecular complexity index is 620. The van der Waals surface area contributed by atoms with E-state index in [1.165, 1.54) is 11.1 Å². The first-order valence-corrected chi connectivity index (χ1v) is 8.35. The molecule has 0 radical (unpaired) electrons. The summed E-state index contributed by atoms with van der Waals surface area (Å²) in [6, 6.07) is 4.23. The minimum absolute atomic E-state index is 0.0150. The first-order chi connectivity index (χ1) is 10.6. The number of nitrogens with one attached hydrogen (secondary N) is 2. The highest BCUT2D eigenvalue weighted by Crippen LogP contribution is 2.58. The van der Waals surface area contributed by atoms with Crippen LogP contribution in [0.25, 0.3) is 0 Å². The Morgan fingerprint density at radius 1 is 1.32 bits per heavy atom. The van der Waals surface area contributed by atoms with Gasteiger partial charge in [0.15, 0.2) is 0 Å². The molecule has 4 nitrogen and oxygen atoms in total. The summed E-state index contributed by atoms with van der Waals surface area (Å²) < 4.78 is 5.84. The van der Waals surface area contributed by atoms with Crippen molar-refractivity contribution in [3.05, 3.63) is 28.8 Å². The van der Waals surface area contributed by atoms with E-state index in [1.807, 2.05) is 0 Å². The molecule has 2 fully saturated rings. The Kier molecular flexibility index (Phi) is 3.19. The molecule has 0 bridgehead atoms. The Morgan fingerprint density at radius 3 is 2.86 bits per heavy atom. The van der Waals surface area contributed by atoms with Gasteiger partial charge in [-0.25, -0.2) is 0 Å². The van der Waals surface area contributed by atoms with Gasteiger partial charge in [-0.05, 0) is 62.7 Å². The van der Waals surface area contributed by atoms with Gasteiger partial charge in [0.2, 0.25) is 5.91 Å². The van der Waals surface area contributed by atoms with Crippen LogP contribution in [0.3, 0.4) is 0 Å². The molecule has 0 aromatic heterocycles. The predicted octanol–water partition coefficient (Wildman–Crippen LogP) is 2.24. The number of amides is 1. The van der Waals surface area contributed by atoms with E-state index < -0.39 is 0 Å². The number of piperidine rings is 1. The van der Waals surface area contributed by atoms with Gasteiger partial charge < -0.3 is 15.4 Å². The molecule has 1 aromatic carbocycles. The van der Waals surface area contributed by atoms with E-state index in [9.17, 15) is 4.79 Å². The molecule has 1 aliphatic carbocycles. The van der Waals surface area contributed by atoms with Gasteiger partial charge in [-0.2, -0.15) is 0 Å². The van der Waals surface area contributed by atoms with Crippen LogP contribution in [0.1, 0.15) is 42.0 Å². The van der Waals surface area contributed by atoms with Crippen molar-refractivity contribution in [2.45, 2.75) is 39.2 Å². The van der Waals surface area contributed by atoms with Crippen LogP contribution in [-0.4, -0.2) is 25.6 Å². The molecule has 1 amide bonds. The second-order valence-corrected chi connectivity index (χ2v) is 7.17. The lowest BCUT2D eigenvalue weighted by molar-refractivity contribution is -0.124. The van der Waals surface area contributed by atoms with Crippen molar-refractivity contribution in [1.82, 2.24) is 10.6 Å². The zero-order chi connectivity index (χ0) is 15.3. The molecule has 4 heteroatoms. The summed E-state index contributed by atoms with van der Waals surface area (Å²) in [6.45, 7) is 6.85. The van der Waals surface area contributed by atoms with Crippen molar-refractivity contribution >= 4 is 5.91 Å². The Morgan fingerprint density at radius 2 is 2.09 bits per heavy atom. The molecule has 1 aromatic rings. The van der Waals surface area contributed by atoms with Crippen LogP contribution in [-0.2, 0) is 4.79 Å². The van der Waals surface area contributed by atoms with Crippen molar-refractivity contribution in [2.75, 3.05) is 19.7 Å². The lowest BCUT2D eigenvalue weighted by Gasteiger charge is -2.23. The van der Waals surface area contributed by atoms with Gasteiger partial charge in [-0.1, -0.05) is 12.1 Å². The Balaban J connectivity index is 1.46. The maximum Gasteiger partial charge on any atom is 0.224 e. The summed E-state index contributed by atoms with van der Waals surface area (Å²) in [5, 5.41) is 6.62. The van der Waals surface area contributed by atoms with Crippen LogP contribution >= 0.6 is 0 Å². The fraction of sp³-hybridized carbons (Fsp3) is 0.611. The number of carbonyl (C=O) groups excluding carboxylic acids is 1. The molecule has 1 saturated heterocycles. The Labute approximate surface area is 131 Å². The number of ether oxygens (including phenoxy) is 1. The van der Waals surface area contributed by atoms with Crippen molar-refractivity contribution in [3.63, 3.8) is 0 Å². The third kappa shape index (κ3) is 2.12. The van der Waals surface area contributed by atoms with Crippen molar-refractivity contribution in [2.24, 2.45) is 11.3 Å². The van der Waals surface area contributed by atoms with E-state index in [0.29, 0.717) is 12.0 Å². The molecule has 2 N–H and O–H groups in total. The zero-order valence-corrected chi connectivity index (χ0v) is 13.4. The fourth-order valence-electron chi connectivity index (χ4n) is 4.12. The lowest BCUT2D eigenvalue weighted by Crippen LogP contribution is -2.35. The maximum atomic E-state index is 12.6. The van der Waals surface area contributed by atoms with Crippen LogP contribution in [0, 0.1) is 25.2 Å². The Hall–Kier alpha value is -1.55. The van der Waals surface area contributed by atoms with E-state index >= 15 is 0 Å². The summed E-state index contributed by atoms with van der Waals surface area (Å²) in [5.74, 6) is 1.41. The molecule has 1 saturated carbocycles. The van der Waals surface area contributed by atoms with E-state index in [0.717, 1.165) is 43.7 Å². The van der Waals surface area contributed by atoms with Crippen LogP contribution in [0.4, 0.5) is 0 Å². The van der Waals surface area contributed by atoms with Crippen molar-refractivity contribution in [1.29, 1.82) is 0 Å². The van der Waals surface area contributed by atoms with Gasteiger partial charge in [0.1, 0.15) is 12.4 Å². The zero-order valence-electron chi connectivity index (χ0n) is 13.4. The summed E-state index contributed by atoms with van der Waals surface area (Å²) in [6.07, 6.45) is 3.34. The number of hydrogen-bond donors (Lipinski definition) is 2. The number of carbonyl (C=O) groups is 1. The van der Waals surface area contributed by atoms with Crippen molar-refractivity contribution in [3.8, 4) is 5.75 Å². The van der Waals surface area contributed by atoms with Crippen LogP contribution < -0.4 is 15.4 Å². The third-order valence-corrected chi connectivity index (χ3v) is 5.90. The summed E-state index contributed by atoms with van der Waals surface area (Å²) in [5.41, 5.74) is 3.86. The van der Waals surface area contributed by atoms with Crippen LogP contribution in [0.5, 0.6) is 5.75 Å². The maximum absolute atomic E-state index is 12.6. The van der Waals surface area contributed by atoms with E-state index in [2.05, 4.69) is 36.6 Å². The molecule has 1 spiro atoms. The molecule has 22 heavy (non-hydrogen) atoms. The van der Waals surface area contributed by atoms with Gasteiger partial charge in [0.25, 0.3) is 0 Å². The van der Waals surface area contributed by atoms with Gasteiger partial charge >= 0.3 is 0 Å². The average molecular weight is 300 g/mol. The topological polar surface area (TPSA) is 50.4 Å². The fourth-order valence-corrected chi connectivity index (χ4v) is 4.12. The SMILES string of the molecule is Cc1ccc2c(c1C)OCC2NC(=O)C1CC12CCNCC2. The lowest BCUT2D eigenvalue weighted by atomic mass is 9.91. The third-order valence-electron chi connectivity index (χ3n) is 5.90. The minimum atomic E-state index is 0.0150. The first kappa shape index (κ1) is 14.1. The average Bonchev–Trinajstić information content (AvgIpc) is 3.05. The standard InChI is InChI=1S/C18H24N2O2/c1-11-3-4-13-15(10-22-16(13)12(11)2)20-17(21)14-9-18(14)5-7-19-8-6-18/h3-4,14-15,19H,5-10H2,1-2H3,(H,20,21). The molecule has 2 unspecified atom stereocenters. The second-order valence-electron chi connectivity index (χ2n) is 7.17. The number of aryl methyl sites for hydroxylation is 1. The number of benzene rings is 1. The predicted molar refractivity (Wildman–Crippen MR) is 84.9 cm³/mol. The van der Waals surface area contributed by atoms with Gasteiger partial charge in [-0.3, -0.25) is 4.79 Å². The largest absolute Gasteiger partial charge is 0.490 e. The van der Waals surface area contributed by atoms with E-state index in [-0.39, 0.29) is 17.9 Å². The molecule has 2 aliphatic heterocycles. The molecule has 4 rings (SSSR count). The van der Waals surface area contributed by atoms with E-state index in [1.54, 1.807) is 0 Å². The number of hydrogen-bond acceptors (Lipinski definition) is 3.